The molecule has 0 N–H and O–H groups in total. The van der Waals surface area contributed by atoms with Crippen LogP contribution in [0.15, 0.2) is 53.2 Å². The lowest BCUT2D eigenvalue weighted by Crippen LogP contribution is -1.96. The fourth-order valence-corrected chi connectivity index (χ4v) is 4.28. The molecule has 0 aromatic heterocycles. The van der Waals surface area contributed by atoms with Gasteiger partial charge in [0.15, 0.2) is 0 Å². The number of aliphatic imine (C=N–C) groups is 1. The summed E-state index contributed by atoms with van der Waals surface area (Å²) >= 11 is 2.70. The molecule has 0 saturated heterocycles. The molecule has 1 aliphatic heterocycles. The van der Waals surface area contributed by atoms with E-state index in [9.17, 15) is 4.79 Å². The summed E-state index contributed by atoms with van der Waals surface area (Å²) in [5.41, 5.74) is 2.22. The highest BCUT2D eigenvalue weighted by molar-refractivity contribution is 8.45. The summed E-state index contributed by atoms with van der Waals surface area (Å²) in [7, 11) is 4.70. The first-order valence-corrected chi connectivity index (χ1v) is 9.94. The Morgan fingerprint density at radius 2 is 1.70 bits per heavy atom. The van der Waals surface area contributed by atoms with Crippen LogP contribution in [0.4, 0.5) is 0 Å². The average Bonchev–Trinajstić information content (AvgIpc) is 3.06. The normalized spacial score (nSPS) is 15.0. The molecule has 0 spiro atoms. The minimum atomic E-state index is -0.0921. The fourth-order valence-electron chi connectivity index (χ4n) is 2.48. The van der Waals surface area contributed by atoms with Gasteiger partial charge in [-0.3, -0.25) is 4.79 Å². The van der Waals surface area contributed by atoms with Crippen molar-refractivity contribution >= 4 is 39.1 Å². The van der Waals surface area contributed by atoms with Crippen molar-refractivity contribution in [2.24, 2.45) is 4.99 Å². The molecule has 0 fully saturated rings. The van der Waals surface area contributed by atoms with E-state index >= 15 is 0 Å². The Hall–Kier alpha value is -2.38. The van der Waals surface area contributed by atoms with E-state index in [1.807, 2.05) is 18.2 Å². The molecule has 7 heteroatoms. The molecule has 0 saturated carbocycles. The number of hydrogen-bond donors (Lipinski definition) is 0. The molecule has 3 rings (SSSR count). The molecule has 0 radical (unpaired) electrons. The van der Waals surface area contributed by atoms with E-state index < -0.39 is 0 Å². The van der Waals surface area contributed by atoms with Crippen LogP contribution in [0.25, 0.3) is 6.08 Å². The monoisotopic (exact) mass is 401 g/mol. The van der Waals surface area contributed by atoms with E-state index in [4.69, 9.17) is 14.2 Å². The Morgan fingerprint density at radius 1 is 1.04 bits per heavy atom. The molecule has 0 bridgehead atoms. The second kappa shape index (κ2) is 9.01. The van der Waals surface area contributed by atoms with Crippen LogP contribution in [-0.2, 0) is 10.5 Å². The van der Waals surface area contributed by atoms with Crippen molar-refractivity contribution in [2.75, 3.05) is 21.3 Å². The standard InChI is InChI=1S/C20H19NO4S2/c1-23-14-9-17(24-2)15(18(10-14)25-3)11-16-19(22)27-20(21-16)26-12-13-7-5-4-6-8-13/h4-11H,12H2,1-3H3. The minimum absolute atomic E-state index is 0.0921. The van der Waals surface area contributed by atoms with Crippen LogP contribution in [0, 0.1) is 0 Å². The Balaban J connectivity index is 1.86. The van der Waals surface area contributed by atoms with Crippen molar-refractivity contribution < 1.29 is 19.0 Å². The van der Waals surface area contributed by atoms with Crippen LogP contribution >= 0.6 is 23.5 Å². The Bertz CT molecular complexity index is 869. The van der Waals surface area contributed by atoms with Crippen molar-refractivity contribution in [3.63, 3.8) is 0 Å². The third-order valence-corrected chi connectivity index (χ3v) is 5.92. The van der Waals surface area contributed by atoms with E-state index in [0.29, 0.717) is 28.5 Å². The van der Waals surface area contributed by atoms with Gasteiger partial charge in [0.2, 0.25) is 5.12 Å². The van der Waals surface area contributed by atoms with E-state index in [1.54, 1.807) is 51.3 Å². The first-order valence-electron chi connectivity index (χ1n) is 8.14. The number of ether oxygens (including phenoxy) is 3. The molecule has 2 aromatic carbocycles. The summed E-state index contributed by atoms with van der Waals surface area (Å²) in [4.78, 5) is 16.9. The molecule has 1 heterocycles. The lowest BCUT2D eigenvalue weighted by atomic mass is 10.1. The lowest BCUT2D eigenvalue weighted by Gasteiger charge is -2.12. The Kier molecular flexibility index (Phi) is 6.47. The van der Waals surface area contributed by atoms with Gasteiger partial charge in [-0.2, -0.15) is 0 Å². The lowest BCUT2D eigenvalue weighted by molar-refractivity contribution is -0.107. The third kappa shape index (κ3) is 4.67. The van der Waals surface area contributed by atoms with Crippen molar-refractivity contribution in [3.8, 4) is 17.2 Å². The average molecular weight is 402 g/mol. The number of benzene rings is 2. The molecule has 0 unspecified atom stereocenters. The predicted octanol–water partition coefficient (Wildman–Crippen LogP) is 4.62. The number of carbonyl (C=O) groups excluding carboxylic acids is 1. The molecule has 0 aliphatic carbocycles. The second-order valence-corrected chi connectivity index (χ2v) is 7.70. The van der Waals surface area contributed by atoms with Crippen LogP contribution in [0.2, 0.25) is 0 Å². The summed E-state index contributed by atoms with van der Waals surface area (Å²) < 4.78 is 16.9. The van der Waals surface area contributed by atoms with E-state index in [0.717, 1.165) is 21.9 Å². The molecule has 0 amide bonds. The minimum Gasteiger partial charge on any atom is -0.496 e. The van der Waals surface area contributed by atoms with Crippen LogP contribution in [0.5, 0.6) is 17.2 Å². The maximum absolute atomic E-state index is 12.4. The zero-order chi connectivity index (χ0) is 19.2. The molecular formula is C20H19NO4S2. The smallest absolute Gasteiger partial charge is 0.244 e. The van der Waals surface area contributed by atoms with Gasteiger partial charge < -0.3 is 14.2 Å². The highest BCUT2D eigenvalue weighted by Crippen LogP contribution is 2.38. The molecule has 5 nitrogen and oxygen atoms in total. The highest BCUT2D eigenvalue weighted by atomic mass is 32.2. The van der Waals surface area contributed by atoms with Crippen molar-refractivity contribution in [1.82, 2.24) is 0 Å². The van der Waals surface area contributed by atoms with Gasteiger partial charge in [0, 0.05) is 17.9 Å². The summed E-state index contributed by atoms with van der Waals surface area (Å²) in [6.07, 6.45) is 1.70. The third-order valence-electron chi connectivity index (χ3n) is 3.84. The fraction of sp³-hybridized carbons (Fsp3) is 0.200. The zero-order valence-electron chi connectivity index (χ0n) is 15.2. The van der Waals surface area contributed by atoms with Crippen molar-refractivity contribution in [3.05, 3.63) is 59.3 Å². The maximum Gasteiger partial charge on any atom is 0.244 e. The van der Waals surface area contributed by atoms with Crippen LogP contribution < -0.4 is 14.2 Å². The molecule has 0 atom stereocenters. The number of hydrogen-bond acceptors (Lipinski definition) is 7. The van der Waals surface area contributed by atoms with Crippen LogP contribution in [0.3, 0.4) is 0 Å². The Labute approximate surface area is 166 Å². The van der Waals surface area contributed by atoms with Crippen molar-refractivity contribution in [2.45, 2.75) is 5.75 Å². The summed E-state index contributed by atoms with van der Waals surface area (Å²) in [6.45, 7) is 0. The highest BCUT2D eigenvalue weighted by Gasteiger charge is 2.24. The number of nitrogens with zero attached hydrogens (tertiary/aromatic N) is 1. The van der Waals surface area contributed by atoms with E-state index in [1.165, 1.54) is 5.56 Å². The first-order chi connectivity index (χ1) is 13.1. The van der Waals surface area contributed by atoms with Gasteiger partial charge in [-0.15, -0.1) is 0 Å². The van der Waals surface area contributed by atoms with Gasteiger partial charge in [-0.1, -0.05) is 42.1 Å². The van der Waals surface area contributed by atoms with E-state index in [2.05, 4.69) is 17.1 Å². The van der Waals surface area contributed by atoms with Crippen LogP contribution in [-0.4, -0.2) is 30.8 Å². The first kappa shape index (κ1) is 19.4. The number of carbonyl (C=O) groups is 1. The number of rotatable bonds is 6. The topological polar surface area (TPSA) is 57.1 Å². The largest absolute Gasteiger partial charge is 0.496 e. The summed E-state index contributed by atoms with van der Waals surface area (Å²) in [5.74, 6) is 2.48. The number of methoxy groups -OCH3 is 3. The SMILES string of the molecule is COc1cc(OC)c(C=C2N=C(SCc3ccccc3)SC2=O)c(OC)c1. The molecule has 140 valence electrons. The Morgan fingerprint density at radius 3 is 2.30 bits per heavy atom. The molecule has 2 aromatic rings. The molecule has 1 aliphatic rings. The number of thioether (sulfide) groups is 2. The second-order valence-electron chi connectivity index (χ2n) is 5.52. The van der Waals surface area contributed by atoms with Gasteiger partial charge >= 0.3 is 0 Å². The zero-order valence-corrected chi connectivity index (χ0v) is 16.9. The maximum atomic E-state index is 12.4. The molecule has 27 heavy (non-hydrogen) atoms. The summed E-state index contributed by atoms with van der Waals surface area (Å²) in [6, 6.07) is 13.6. The summed E-state index contributed by atoms with van der Waals surface area (Å²) in [5, 5.41) is -0.0921. The van der Waals surface area contributed by atoms with Crippen LogP contribution in [0.1, 0.15) is 11.1 Å². The van der Waals surface area contributed by atoms with Gasteiger partial charge in [-0.05, 0) is 23.4 Å². The van der Waals surface area contributed by atoms with Crippen molar-refractivity contribution in [1.29, 1.82) is 0 Å². The van der Waals surface area contributed by atoms with Gasteiger partial charge in [0.1, 0.15) is 27.3 Å². The predicted molar refractivity (Wildman–Crippen MR) is 112 cm³/mol. The van der Waals surface area contributed by atoms with Gasteiger partial charge in [-0.25, -0.2) is 4.99 Å². The van der Waals surface area contributed by atoms with E-state index in [-0.39, 0.29) is 5.12 Å². The van der Waals surface area contributed by atoms with Gasteiger partial charge in [0.25, 0.3) is 0 Å². The molecular weight excluding hydrogens is 382 g/mol. The van der Waals surface area contributed by atoms with Gasteiger partial charge in [0.05, 0.1) is 26.9 Å². The quantitative estimate of drug-likeness (QED) is 0.659.